The summed E-state index contributed by atoms with van der Waals surface area (Å²) in [6.07, 6.45) is 30.7. The van der Waals surface area contributed by atoms with Gasteiger partial charge >= 0.3 is 29.8 Å². The highest BCUT2D eigenvalue weighted by Gasteiger charge is 2.64. The molecule has 0 aromatic heterocycles. The van der Waals surface area contributed by atoms with Crippen molar-refractivity contribution in [3.8, 4) is 0 Å². The first kappa shape index (κ1) is 87.3. The Bertz CT molecular complexity index is 2570. The first-order chi connectivity index (χ1) is 46.2. The summed E-state index contributed by atoms with van der Waals surface area (Å²) in [5.41, 5.74) is 2.76. The minimum absolute atomic E-state index is 0.00532. The van der Waals surface area contributed by atoms with Gasteiger partial charge in [0.1, 0.15) is 12.2 Å². The molecule has 10 saturated carbocycles. The van der Waals surface area contributed by atoms with E-state index in [1.54, 1.807) is 0 Å². The van der Waals surface area contributed by atoms with Gasteiger partial charge in [-0.15, -0.1) is 0 Å². The van der Waals surface area contributed by atoms with Crippen molar-refractivity contribution in [1.29, 1.82) is 0 Å². The van der Waals surface area contributed by atoms with Crippen LogP contribution in [0.1, 0.15) is 367 Å². The molecule has 10 fully saturated rings. The molecule has 10 bridgehead atoms. The Morgan fingerprint density at radius 1 is 0.406 bits per heavy atom. The van der Waals surface area contributed by atoms with Crippen LogP contribution in [0.3, 0.4) is 0 Å². The highest BCUT2D eigenvalue weighted by Crippen LogP contribution is 2.68. The summed E-state index contributed by atoms with van der Waals surface area (Å²) in [5.74, 6) is 10.4. The van der Waals surface area contributed by atoms with Crippen molar-refractivity contribution in [2.75, 3.05) is 19.8 Å². The van der Waals surface area contributed by atoms with Crippen LogP contribution in [-0.2, 0) is 47.7 Å². The lowest BCUT2D eigenvalue weighted by Gasteiger charge is -2.38. The average Bonchev–Trinajstić information content (AvgIpc) is 1.57. The third-order valence-electron chi connectivity index (χ3n) is 28.6. The molecule has 0 N–H and O–H groups in total. The zero-order chi connectivity index (χ0) is 76.0. The maximum absolute atomic E-state index is 12.3. The fraction of sp³-hybridized carbons (Fsp3) is 0.945. The predicted molar refractivity (Wildman–Crippen MR) is 416 cm³/mol. The number of esters is 5. The second-order valence-corrected chi connectivity index (χ2v) is 45.0. The predicted octanol–water partition coefficient (Wildman–Crippen LogP) is 24.3. The van der Waals surface area contributed by atoms with Crippen molar-refractivity contribution in [3.05, 3.63) is 0 Å². The molecule has 101 heavy (non-hydrogen) atoms. The van der Waals surface area contributed by atoms with Crippen LogP contribution in [0.4, 0.5) is 0 Å². The molecule has 0 saturated heterocycles. The van der Waals surface area contributed by atoms with Gasteiger partial charge in [-0.2, -0.15) is 0 Å². The highest BCUT2D eigenvalue weighted by molar-refractivity contribution is 5.73. The minimum Gasteiger partial charge on any atom is -0.465 e. The maximum atomic E-state index is 12.3. The largest absolute Gasteiger partial charge is 0.465 e. The molecule has 0 heterocycles. The monoisotopic (exact) mass is 1420 g/mol. The van der Waals surface area contributed by atoms with Gasteiger partial charge in [0.25, 0.3) is 0 Å². The van der Waals surface area contributed by atoms with Crippen LogP contribution in [0.15, 0.2) is 0 Å². The van der Waals surface area contributed by atoms with Gasteiger partial charge in [-0.1, -0.05) is 207 Å². The molecule has 21 atom stereocenters. The number of hydrogen-bond donors (Lipinski definition) is 0. The van der Waals surface area contributed by atoms with E-state index in [9.17, 15) is 24.0 Å². The van der Waals surface area contributed by atoms with E-state index in [1.165, 1.54) is 96.3 Å². The Morgan fingerprint density at radius 2 is 0.812 bits per heavy atom. The lowest BCUT2D eigenvalue weighted by molar-refractivity contribution is -0.159. The Kier molecular flexibility index (Phi) is 30.0. The fourth-order valence-electron chi connectivity index (χ4n) is 23.2. The molecule has 586 valence electrons. The summed E-state index contributed by atoms with van der Waals surface area (Å²) in [4.78, 5) is 60.7. The average molecular weight is 1420 g/mol. The van der Waals surface area contributed by atoms with Gasteiger partial charge in [0, 0.05) is 41.9 Å². The topological polar surface area (TPSA) is 132 Å². The number of rotatable bonds is 23. The van der Waals surface area contributed by atoms with Crippen molar-refractivity contribution in [2.45, 2.75) is 379 Å². The summed E-state index contributed by atoms with van der Waals surface area (Å²) >= 11 is 0. The molecule has 10 aliphatic carbocycles. The summed E-state index contributed by atoms with van der Waals surface area (Å²) in [6.45, 7) is 65.2. The van der Waals surface area contributed by atoms with E-state index < -0.39 is 0 Å². The molecule has 10 aliphatic rings. The zero-order valence-corrected chi connectivity index (χ0v) is 71.2. The summed E-state index contributed by atoms with van der Waals surface area (Å²) in [7, 11) is 0. The Hall–Kier alpha value is -2.65. The van der Waals surface area contributed by atoms with E-state index in [0.29, 0.717) is 109 Å². The van der Waals surface area contributed by atoms with Crippen LogP contribution in [-0.4, -0.2) is 61.9 Å². The molecule has 10 rings (SSSR count). The van der Waals surface area contributed by atoms with Crippen molar-refractivity contribution in [2.24, 2.45) is 149 Å². The fourth-order valence-corrected chi connectivity index (χ4v) is 23.2. The molecule has 0 radical (unpaired) electrons. The van der Waals surface area contributed by atoms with Crippen molar-refractivity contribution < 1.29 is 47.7 Å². The quantitative estimate of drug-likeness (QED) is 0.0720. The van der Waals surface area contributed by atoms with Gasteiger partial charge in [-0.3, -0.25) is 24.0 Å². The molecule has 0 aromatic carbocycles. The summed E-state index contributed by atoms with van der Waals surface area (Å²) in [6, 6.07) is 0. The molecule has 0 spiro atoms. The van der Waals surface area contributed by atoms with Crippen molar-refractivity contribution in [1.82, 2.24) is 0 Å². The van der Waals surface area contributed by atoms with E-state index in [-0.39, 0.29) is 80.5 Å². The molecular formula is C91H162O10. The Morgan fingerprint density at radius 3 is 1.16 bits per heavy atom. The van der Waals surface area contributed by atoms with E-state index in [4.69, 9.17) is 23.7 Å². The van der Waals surface area contributed by atoms with E-state index in [1.807, 2.05) is 0 Å². The van der Waals surface area contributed by atoms with E-state index in [0.717, 1.165) is 98.7 Å². The lowest BCUT2D eigenvalue weighted by atomic mass is 9.70. The molecule has 15 unspecified atom stereocenters. The van der Waals surface area contributed by atoms with Crippen LogP contribution < -0.4 is 0 Å². The van der Waals surface area contributed by atoms with Gasteiger partial charge in [-0.25, -0.2) is 0 Å². The molecule has 10 nitrogen and oxygen atoms in total. The number of hydrogen-bond acceptors (Lipinski definition) is 10. The molecule has 10 heteroatoms. The smallest absolute Gasteiger partial charge is 0.309 e. The van der Waals surface area contributed by atoms with Crippen molar-refractivity contribution >= 4 is 29.8 Å². The van der Waals surface area contributed by atoms with Crippen LogP contribution >= 0.6 is 0 Å². The highest BCUT2D eigenvalue weighted by atomic mass is 16.6. The maximum Gasteiger partial charge on any atom is 0.309 e. The van der Waals surface area contributed by atoms with Gasteiger partial charge < -0.3 is 23.7 Å². The number of ether oxygens (including phenoxy) is 5. The lowest BCUT2D eigenvalue weighted by Crippen LogP contribution is -2.38. The van der Waals surface area contributed by atoms with E-state index in [2.05, 4.69) is 194 Å². The van der Waals surface area contributed by atoms with Gasteiger partial charge in [0.05, 0.1) is 25.7 Å². The third-order valence-corrected chi connectivity index (χ3v) is 28.6. The number of fused-ring (bicyclic) bond motifs is 10. The van der Waals surface area contributed by atoms with Crippen LogP contribution in [0.5, 0.6) is 0 Å². The second-order valence-electron chi connectivity index (χ2n) is 45.0. The normalized spacial score (nSPS) is 34.4. The Balaban J connectivity index is 0.000000199. The van der Waals surface area contributed by atoms with Gasteiger partial charge in [0.2, 0.25) is 0 Å². The number of carbonyl (C=O) groups excluding carboxylic acids is 5. The van der Waals surface area contributed by atoms with Crippen LogP contribution in [0.25, 0.3) is 0 Å². The Labute approximate surface area is 622 Å². The standard InChI is InChI=1S/2C19H34O2.2C18H32O2.C17H30O2/c2*1-13(12-17(2,3)4)10-16(20)21-15-11-14-8-9-19(15,7)18(14,5)6;1-13(10-17(2,3)4)8-16(19)20-12-18(5)11-14-6-7-15(18)9-14;1-12(10-18(3,4)5)8-17(19)20-11-16-13(2)14-6-7-15(16)9-14;1-12(11-17(2,3)4)7-8-19-16(18)15-10-13-5-6-14(15)9-13/h2*13-15H,8-12H2,1-7H3;13-15H,6-12H2,1-5H3;12-16H,6-11H2,1-5H3;12-15H,5-11H2,1-4H3/t13?,14-,15+,19+;13?,14-,15-,19+;;;/m00.../s1. The zero-order valence-electron chi connectivity index (χ0n) is 71.2. The second kappa shape index (κ2) is 34.7. The van der Waals surface area contributed by atoms with E-state index >= 15 is 0 Å². The van der Waals surface area contributed by atoms with Gasteiger partial charge in [0.15, 0.2) is 0 Å². The molecule has 0 aliphatic heterocycles. The minimum atomic E-state index is 0.00532. The molecule has 0 aromatic rings. The molecule has 0 amide bonds. The first-order valence-electron chi connectivity index (χ1n) is 42.1. The molecular weight excluding hydrogens is 1250 g/mol. The first-order valence-corrected chi connectivity index (χ1v) is 42.1. The van der Waals surface area contributed by atoms with Gasteiger partial charge in [-0.05, 0) is 262 Å². The SMILES string of the molecule is CC(CC(=O)OCC1(C)CC2CCC1C2)CC(C)(C)C.CC(CC(=O)OCC1C2CCC(C2)C1C)CC(C)(C)C.CC(CC(=O)O[C@@H]1C[C@@H]2CC[C@@]1(C)C2(C)C)CC(C)(C)C.CC(CC(=O)O[C@H]1C[C@@H]2CC[C@@]1(C)C2(C)C)CC(C)(C)C.CC(CCOC(=O)C1CC2CCC1C2)CC(C)(C)C. The number of carbonyl (C=O) groups is 5. The third kappa shape index (κ3) is 25.2. The van der Waals surface area contributed by atoms with Crippen LogP contribution in [0, 0.1) is 149 Å². The summed E-state index contributed by atoms with van der Waals surface area (Å²) < 4.78 is 28.6. The summed E-state index contributed by atoms with van der Waals surface area (Å²) in [5, 5.41) is 0. The van der Waals surface area contributed by atoms with Crippen molar-refractivity contribution in [3.63, 3.8) is 0 Å². The van der Waals surface area contributed by atoms with Crippen LogP contribution in [0.2, 0.25) is 0 Å².